The number of rotatable bonds is 9. The van der Waals surface area contributed by atoms with Gasteiger partial charge in [0.15, 0.2) is 0 Å². The first kappa shape index (κ1) is 24.3. The van der Waals surface area contributed by atoms with Crippen molar-refractivity contribution in [3.8, 4) is 17.2 Å². The number of ether oxygens (including phenoxy) is 2. The normalized spacial score (nSPS) is 20.6. The summed E-state index contributed by atoms with van der Waals surface area (Å²) in [6.07, 6.45) is 1.63. The Morgan fingerprint density at radius 1 is 0.794 bits per heavy atom. The van der Waals surface area contributed by atoms with Gasteiger partial charge in [-0.2, -0.15) is 4.67 Å². The summed E-state index contributed by atoms with van der Waals surface area (Å²) in [5.74, 6) is 2.66. The van der Waals surface area contributed by atoms with E-state index in [9.17, 15) is 4.57 Å². The van der Waals surface area contributed by atoms with Crippen molar-refractivity contribution in [2.75, 3.05) is 33.9 Å². The highest BCUT2D eigenvalue weighted by Crippen LogP contribution is 2.53. The summed E-state index contributed by atoms with van der Waals surface area (Å²) in [6, 6.07) is 27.3. The van der Waals surface area contributed by atoms with Crippen LogP contribution in [0.4, 0.5) is 0 Å². The van der Waals surface area contributed by atoms with E-state index < -0.39 is 7.75 Å². The largest absolute Gasteiger partial charge is 0.497 e. The van der Waals surface area contributed by atoms with Gasteiger partial charge in [-0.3, -0.25) is 4.52 Å². The third-order valence-corrected chi connectivity index (χ3v) is 8.31. The number of hydrogen-bond donors (Lipinski definition) is 0. The van der Waals surface area contributed by atoms with Crippen LogP contribution in [0.2, 0.25) is 0 Å². The molecule has 1 saturated heterocycles. The lowest BCUT2D eigenvalue weighted by molar-refractivity contribution is 0.214. The SMILES string of the molecule is COc1ccc(OCC2CCN(P(=O)(OC)Oc3ccccc3)CCC2c2ccccc2)cc1. The summed E-state index contributed by atoms with van der Waals surface area (Å²) in [7, 11) is -0.375. The van der Waals surface area contributed by atoms with Crippen molar-refractivity contribution in [2.24, 2.45) is 5.92 Å². The number of methoxy groups -OCH3 is 1. The van der Waals surface area contributed by atoms with Gasteiger partial charge in [-0.25, -0.2) is 4.57 Å². The zero-order chi connectivity index (χ0) is 23.8. The highest BCUT2D eigenvalue weighted by molar-refractivity contribution is 7.51. The molecule has 4 rings (SSSR count). The van der Waals surface area contributed by atoms with Crippen LogP contribution < -0.4 is 14.0 Å². The van der Waals surface area contributed by atoms with E-state index in [1.165, 1.54) is 12.7 Å². The molecule has 1 aliphatic heterocycles. The second-order valence-corrected chi connectivity index (χ2v) is 10.4. The first-order valence-corrected chi connectivity index (χ1v) is 13.1. The Bertz CT molecular complexity index is 1060. The molecule has 0 N–H and O–H groups in total. The maximum atomic E-state index is 13.7. The molecule has 180 valence electrons. The quantitative estimate of drug-likeness (QED) is 0.330. The third kappa shape index (κ3) is 6.01. The van der Waals surface area contributed by atoms with Crippen LogP contribution >= 0.6 is 7.75 Å². The summed E-state index contributed by atoms with van der Waals surface area (Å²) in [4.78, 5) is 0. The molecule has 3 unspecified atom stereocenters. The Kier molecular flexibility index (Phi) is 8.28. The fraction of sp³-hybridized carbons (Fsp3) is 0.333. The molecule has 1 heterocycles. The average molecular weight is 482 g/mol. The topological polar surface area (TPSA) is 57.2 Å². The molecule has 3 atom stereocenters. The first-order chi connectivity index (χ1) is 16.6. The van der Waals surface area contributed by atoms with Crippen molar-refractivity contribution in [3.63, 3.8) is 0 Å². The lowest BCUT2D eigenvalue weighted by atomic mass is 9.83. The molecule has 0 aliphatic carbocycles. The molecule has 0 bridgehead atoms. The highest BCUT2D eigenvalue weighted by atomic mass is 31.2. The third-order valence-electron chi connectivity index (χ3n) is 6.32. The molecule has 6 nitrogen and oxygen atoms in total. The molecule has 34 heavy (non-hydrogen) atoms. The molecule has 0 amide bonds. The molecule has 7 heteroatoms. The van der Waals surface area contributed by atoms with Crippen molar-refractivity contribution in [1.29, 1.82) is 0 Å². The number of para-hydroxylation sites is 1. The fourth-order valence-corrected chi connectivity index (χ4v) is 5.97. The maximum Gasteiger partial charge on any atom is 0.461 e. The molecular formula is C27H32NO5P. The number of hydrogen-bond acceptors (Lipinski definition) is 5. The molecule has 1 aliphatic rings. The summed E-state index contributed by atoms with van der Waals surface area (Å²) in [6.45, 7) is 1.77. The molecular weight excluding hydrogens is 449 g/mol. The number of benzene rings is 3. The number of nitrogens with zero attached hydrogens (tertiary/aromatic N) is 1. The summed E-state index contributed by atoms with van der Waals surface area (Å²) in [5.41, 5.74) is 1.27. The van der Waals surface area contributed by atoms with E-state index in [0.29, 0.717) is 25.4 Å². The van der Waals surface area contributed by atoms with Gasteiger partial charge in [-0.1, -0.05) is 48.5 Å². The van der Waals surface area contributed by atoms with Crippen LogP contribution in [0.3, 0.4) is 0 Å². The maximum absolute atomic E-state index is 13.7. The molecule has 3 aromatic rings. The average Bonchev–Trinajstić information content (AvgIpc) is 3.12. The smallest absolute Gasteiger partial charge is 0.461 e. The van der Waals surface area contributed by atoms with Crippen LogP contribution in [0.25, 0.3) is 0 Å². The molecule has 1 fully saturated rings. The van der Waals surface area contributed by atoms with Crippen LogP contribution in [0.15, 0.2) is 84.9 Å². The minimum absolute atomic E-state index is 0.247. The lowest BCUT2D eigenvalue weighted by Crippen LogP contribution is -2.25. The van der Waals surface area contributed by atoms with Crippen LogP contribution in [0.5, 0.6) is 17.2 Å². The van der Waals surface area contributed by atoms with Crippen LogP contribution in [0.1, 0.15) is 24.3 Å². The van der Waals surface area contributed by atoms with Gasteiger partial charge in [0.05, 0.1) is 13.7 Å². The molecule has 3 aromatic carbocycles. The van der Waals surface area contributed by atoms with Gasteiger partial charge in [-0.15, -0.1) is 0 Å². The van der Waals surface area contributed by atoms with E-state index in [4.69, 9.17) is 18.5 Å². The zero-order valence-corrected chi connectivity index (χ0v) is 20.6. The van der Waals surface area contributed by atoms with E-state index in [-0.39, 0.29) is 11.8 Å². The molecule has 0 radical (unpaired) electrons. The molecule has 0 saturated carbocycles. The Morgan fingerprint density at radius 2 is 1.41 bits per heavy atom. The zero-order valence-electron chi connectivity index (χ0n) is 19.7. The van der Waals surface area contributed by atoms with Gasteiger partial charge in [0, 0.05) is 26.1 Å². The van der Waals surface area contributed by atoms with Gasteiger partial charge in [0.1, 0.15) is 17.2 Å². The Morgan fingerprint density at radius 3 is 2.06 bits per heavy atom. The Balaban J connectivity index is 1.51. The standard InChI is InChI=1S/C27H32NO5P/c1-30-24-13-15-25(16-14-24)32-21-23-17-19-28(20-18-27(23)22-9-5-3-6-10-22)34(29,31-2)33-26-11-7-4-8-12-26/h3-16,23,27H,17-21H2,1-2H3. The van der Waals surface area contributed by atoms with E-state index in [0.717, 1.165) is 24.3 Å². The second kappa shape index (κ2) is 11.6. The van der Waals surface area contributed by atoms with Gasteiger partial charge < -0.3 is 14.0 Å². The van der Waals surface area contributed by atoms with Crippen LogP contribution in [0, 0.1) is 5.92 Å². The monoisotopic (exact) mass is 481 g/mol. The van der Waals surface area contributed by atoms with Gasteiger partial charge in [0.25, 0.3) is 0 Å². The van der Waals surface area contributed by atoms with E-state index in [2.05, 4.69) is 24.3 Å². The van der Waals surface area contributed by atoms with Gasteiger partial charge in [0.2, 0.25) is 0 Å². The van der Waals surface area contributed by atoms with E-state index >= 15 is 0 Å². The van der Waals surface area contributed by atoms with Crippen molar-refractivity contribution in [2.45, 2.75) is 18.8 Å². The summed E-state index contributed by atoms with van der Waals surface area (Å²) < 4.78 is 38.4. The predicted molar refractivity (Wildman–Crippen MR) is 134 cm³/mol. The van der Waals surface area contributed by atoms with E-state index in [1.54, 1.807) is 19.2 Å². The van der Waals surface area contributed by atoms with Crippen LogP contribution in [-0.4, -0.2) is 38.6 Å². The Labute approximate surface area is 202 Å². The van der Waals surface area contributed by atoms with E-state index in [1.807, 2.05) is 53.2 Å². The van der Waals surface area contributed by atoms with Crippen molar-refractivity contribution in [3.05, 3.63) is 90.5 Å². The summed E-state index contributed by atoms with van der Waals surface area (Å²) in [5, 5.41) is 0. The molecule has 0 spiro atoms. The van der Waals surface area contributed by atoms with Crippen molar-refractivity contribution >= 4 is 7.75 Å². The predicted octanol–water partition coefficient (Wildman–Crippen LogP) is 6.40. The van der Waals surface area contributed by atoms with Gasteiger partial charge in [-0.05, 0) is 60.7 Å². The Hall–Kier alpha value is -2.79. The molecule has 0 aromatic heterocycles. The summed E-state index contributed by atoms with van der Waals surface area (Å²) >= 11 is 0. The fourth-order valence-electron chi connectivity index (χ4n) is 4.44. The van der Waals surface area contributed by atoms with Crippen LogP contribution in [-0.2, 0) is 9.09 Å². The van der Waals surface area contributed by atoms with Crippen molar-refractivity contribution < 1.29 is 23.1 Å². The minimum Gasteiger partial charge on any atom is -0.497 e. The highest BCUT2D eigenvalue weighted by Gasteiger charge is 2.38. The minimum atomic E-state index is -3.48. The van der Waals surface area contributed by atoms with Gasteiger partial charge >= 0.3 is 7.75 Å². The lowest BCUT2D eigenvalue weighted by Gasteiger charge is -2.28. The van der Waals surface area contributed by atoms with Crippen molar-refractivity contribution in [1.82, 2.24) is 4.67 Å². The first-order valence-electron chi connectivity index (χ1n) is 11.6. The second-order valence-electron chi connectivity index (χ2n) is 8.35.